The van der Waals surface area contributed by atoms with E-state index in [-0.39, 0.29) is 5.56 Å². The minimum atomic E-state index is -2.08. The fourth-order valence-corrected chi connectivity index (χ4v) is 2.40. The Bertz CT molecular complexity index is 558. The van der Waals surface area contributed by atoms with Gasteiger partial charge >= 0.3 is 0 Å². The summed E-state index contributed by atoms with van der Waals surface area (Å²) in [5, 5.41) is 30.7. The van der Waals surface area contributed by atoms with Crippen molar-refractivity contribution in [2.24, 2.45) is 0 Å². The van der Waals surface area contributed by atoms with Crippen LogP contribution in [0.4, 0.5) is 11.4 Å². The van der Waals surface area contributed by atoms with E-state index >= 15 is 0 Å². The number of nitriles is 1. The van der Waals surface area contributed by atoms with Gasteiger partial charge in [0.15, 0.2) is 14.4 Å². The molecular formula is C11H13N3O5Si. The topological polar surface area (TPSA) is 119 Å². The van der Waals surface area contributed by atoms with Crippen molar-refractivity contribution >= 4 is 19.7 Å². The Kier molecular flexibility index (Phi) is 4.54. The summed E-state index contributed by atoms with van der Waals surface area (Å²) in [6.45, 7) is 5.55. The van der Waals surface area contributed by atoms with Crippen LogP contribution in [0, 0.1) is 31.6 Å². The highest BCUT2D eigenvalue weighted by Crippen LogP contribution is 2.29. The predicted octanol–water partition coefficient (Wildman–Crippen LogP) is 2.92. The van der Waals surface area contributed by atoms with Crippen LogP contribution in [0.3, 0.4) is 0 Å². The summed E-state index contributed by atoms with van der Waals surface area (Å²) in [4.78, 5) is 20.1. The van der Waals surface area contributed by atoms with Crippen LogP contribution in [-0.2, 0) is 4.43 Å². The highest BCUT2D eigenvalue weighted by Gasteiger charge is 2.26. The molecule has 0 heterocycles. The molecule has 0 saturated carbocycles. The fourth-order valence-electron chi connectivity index (χ4n) is 1.50. The van der Waals surface area contributed by atoms with Crippen LogP contribution in [0.2, 0.25) is 19.6 Å². The van der Waals surface area contributed by atoms with Crippen molar-refractivity contribution in [2.45, 2.75) is 25.7 Å². The van der Waals surface area contributed by atoms with Gasteiger partial charge in [-0.2, -0.15) is 5.26 Å². The zero-order valence-electron chi connectivity index (χ0n) is 11.2. The van der Waals surface area contributed by atoms with Gasteiger partial charge in [0.2, 0.25) is 0 Å². The van der Waals surface area contributed by atoms with Crippen molar-refractivity contribution in [3.05, 3.63) is 44.0 Å². The number of nitro benzene ring substituents is 2. The summed E-state index contributed by atoms with van der Waals surface area (Å²) in [5.41, 5.74) is -0.752. The molecule has 0 spiro atoms. The number of benzene rings is 1. The van der Waals surface area contributed by atoms with E-state index in [9.17, 15) is 20.2 Å². The molecule has 1 rings (SSSR count). The lowest BCUT2D eigenvalue weighted by Gasteiger charge is -2.21. The number of hydrogen-bond donors (Lipinski definition) is 0. The third-order valence-corrected chi connectivity index (χ3v) is 3.18. The van der Waals surface area contributed by atoms with Gasteiger partial charge in [-0.05, 0) is 19.6 Å². The minimum absolute atomic E-state index is 0.121. The van der Waals surface area contributed by atoms with Crippen molar-refractivity contribution < 1.29 is 14.3 Å². The van der Waals surface area contributed by atoms with Crippen molar-refractivity contribution in [2.75, 3.05) is 0 Å². The fraction of sp³-hybridized carbons (Fsp3) is 0.364. The van der Waals surface area contributed by atoms with E-state index < -0.39 is 35.6 Å². The number of nitro groups is 2. The van der Waals surface area contributed by atoms with E-state index in [1.165, 1.54) is 0 Å². The van der Waals surface area contributed by atoms with E-state index in [1.54, 1.807) is 0 Å². The highest BCUT2D eigenvalue weighted by molar-refractivity contribution is 6.69. The average Bonchev–Trinajstić information content (AvgIpc) is 2.34. The van der Waals surface area contributed by atoms with Gasteiger partial charge in [0.05, 0.1) is 22.0 Å². The molecule has 8 nitrogen and oxygen atoms in total. The maximum atomic E-state index is 10.8. The van der Waals surface area contributed by atoms with Crippen molar-refractivity contribution in [1.29, 1.82) is 5.26 Å². The van der Waals surface area contributed by atoms with E-state index in [4.69, 9.17) is 9.69 Å². The zero-order chi connectivity index (χ0) is 15.5. The highest BCUT2D eigenvalue weighted by atomic mass is 28.4. The Balaban J connectivity index is 3.32. The minimum Gasteiger partial charge on any atom is -0.399 e. The lowest BCUT2D eigenvalue weighted by molar-refractivity contribution is -0.394. The second kappa shape index (κ2) is 5.77. The van der Waals surface area contributed by atoms with Gasteiger partial charge in [-0.1, -0.05) is 0 Å². The molecule has 0 radical (unpaired) electrons. The van der Waals surface area contributed by atoms with E-state index in [2.05, 4.69) is 0 Å². The third kappa shape index (κ3) is 4.11. The maximum Gasteiger partial charge on any atom is 0.276 e. The Hall–Kier alpha value is -2.31. The molecule has 0 aliphatic heterocycles. The SMILES string of the molecule is C[Si](C)(C)OC(C#N)c1cc([N+](=O)[O-])cc([N+](=O)[O-])c1. The molecule has 0 bridgehead atoms. The lowest BCUT2D eigenvalue weighted by Crippen LogP contribution is -2.27. The largest absolute Gasteiger partial charge is 0.399 e. The Morgan fingerprint density at radius 2 is 1.60 bits per heavy atom. The molecule has 1 aromatic rings. The first-order valence-corrected chi connectivity index (χ1v) is 9.06. The molecule has 1 unspecified atom stereocenters. The van der Waals surface area contributed by atoms with E-state index in [1.807, 2.05) is 25.7 Å². The van der Waals surface area contributed by atoms with E-state index in [0.29, 0.717) is 0 Å². The molecule has 0 amide bonds. The number of hydrogen-bond acceptors (Lipinski definition) is 6. The maximum absolute atomic E-state index is 10.8. The van der Waals surface area contributed by atoms with Crippen molar-refractivity contribution in [3.63, 3.8) is 0 Å². The van der Waals surface area contributed by atoms with Crippen LogP contribution in [0.15, 0.2) is 18.2 Å². The summed E-state index contributed by atoms with van der Waals surface area (Å²) in [5.74, 6) is 0. The number of nitrogens with zero attached hydrogens (tertiary/aromatic N) is 3. The monoisotopic (exact) mass is 295 g/mol. The average molecular weight is 295 g/mol. The normalized spacial score (nSPS) is 12.5. The molecular weight excluding hydrogens is 282 g/mol. The molecule has 106 valence electrons. The Morgan fingerprint density at radius 1 is 1.15 bits per heavy atom. The van der Waals surface area contributed by atoms with Gasteiger partial charge in [0.1, 0.15) is 0 Å². The van der Waals surface area contributed by atoms with Gasteiger partial charge in [-0.3, -0.25) is 20.2 Å². The van der Waals surface area contributed by atoms with Crippen molar-refractivity contribution in [3.8, 4) is 6.07 Å². The third-order valence-electron chi connectivity index (χ3n) is 2.24. The van der Waals surface area contributed by atoms with Crippen LogP contribution in [0.5, 0.6) is 0 Å². The molecule has 0 fully saturated rings. The molecule has 0 aliphatic carbocycles. The molecule has 0 N–H and O–H groups in total. The Labute approximate surface area is 116 Å². The van der Waals surface area contributed by atoms with Crippen LogP contribution in [-0.4, -0.2) is 18.2 Å². The van der Waals surface area contributed by atoms with Gasteiger partial charge < -0.3 is 4.43 Å². The number of non-ortho nitro benzene ring substituents is 2. The quantitative estimate of drug-likeness (QED) is 0.468. The molecule has 1 aromatic carbocycles. The molecule has 0 aromatic heterocycles. The van der Waals surface area contributed by atoms with Crippen LogP contribution in [0.25, 0.3) is 0 Å². The second-order valence-corrected chi connectivity index (χ2v) is 9.50. The van der Waals surface area contributed by atoms with Crippen molar-refractivity contribution in [1.82, 2.24) is 0 Å². The first-order chi connectivity index (χ1) is 9.14. The summed E-state index contributed by atoms with van der Waals surface area (Å²) < 4.78 is 5.58. The molecule has 9 heteroatoms. The zero-order valence-corrected chi connectivity index (χ0v) is 12.2. The van der Waals surface area contributed by atoms with Gasteiger partial charge in [-0.15, -0.1) is 0 Å². The molecule has 0 saturated heterocycles. The molecule has 1 atom stereocenters. The smallest absolute Gasteiger partial charge is 0.276 e. The first kappa shape index (κ1) is 15.7. The number of rotatable bonds is 5. The first-order valence-electron chi connectivity index (χ1n) is 5.65. The summed E-state index contributed by atoms with van der Waals surface area (Å²) in [6, 6.07) is 4.98. The van der Waals surface area contributed by atoms with Crippen LogP contribution >= 0.6 is 0 Å². The second-order valence-electron chi connectivity index (χ2n) is 5.04. The van der Waals surface area contributed by atoms with Crippen LogP contribution in [0.1, 0.15) is 11.7 Å². The predicted molar refractivity (Wildman–Crippen MR) is 72.5 cm³/mol. The standard InChI is InChI=1S/C11H13N3O5Si/c1-20(2,3)19-11(7-12)8-4-9(13(15)16)6-10(5-8)14(17)18/h4-6,11H,1-3H3. The molecule has 0 aliphatic rings. The summed E-state index contributed by atoms with van der Waals surface area (Å²) in [6.07, 6.45) is -1.06. The Morgan fingerprint density at radius 3 is 1.90 bits per heavy atom. The summed E-state index contributed by atoms with van der Waals surface area (Å²) >= 11 is 0. The summed E-state index contributed by atoms with van der Waals surface area (Å²) in [7, 11) is -2.08. The van der Waals surface area contributed by atoms with E-state index in [0.717, 1.165) is 18.2 Å². The van der Waals surface area contributed by atoms with Gasteiger partial charge in [-0.25, -0.2) is 0 Å². The van der Waals surface area contributed by atoms with Gasteiger partial charge in [0.25, 0.3) is 11.4 Å². The van der Waals surface area contributed by atoms with Gasteiger partial charge in [0, 0.05) is 17.7 Å². The van der Waals surface area contributed by atoms with Crippen LogP contribution < -0.4 is 0 Å². The lowest BCUT2D eigenvalue weighted by atomic mass is 10.1. The molecule has 20 heavy (non-hydrogen) atoms.